The van der Waals surface area contributed by atoms with Crippen molar-refractivity contribution in [2.75, 3.05) is 18.0 Å². The first-order valence-corrected chi connectivity index (χ1v) is 15.1. The molecule has 0 unspecified atom stereocenters. The van der Waals surface area contributed by atoms with Crippen LogP contribution in [0.1, 0.15) is 39.2 Å². The van der Waals surface area contributed by atoms with Gasteiger partial charge in [-0.1, -0.05) is 55.8 Å². The van der Waals surface area contributed by atoms with Gasteiger partial charge in [0.15, 0.2) is 0 Å². The van der Waals surface area contributed by atoms with E-state index >= 15 is 0 Å². The molecule has 0 radical (unpaired) electrons. The van der Waals surface area contributed by atoms with Crippen LogP contribution in [0.2, 0.25) is 5.02 Å². The van der Waals surface area contributed by atoms with E-state index in [1.165, 1.54) is 60.5 Å². The molecule has 0 bridgehead atoms. The smallest absolute Gasteiger partial charge is 0.264 e. The monoisotopic (exact) mass is 603 g/mol. The van der Waals surface area contributed by atoms with Gasteiger partial charge in [0, 0.05) is 17.6 Å². The van der Waals surface area contributed by atoms with Gasteiger partial charge in [0.1, 0.15) is 24.2 Å². The fourth-order valence-electron chi connectivity index (χ4n) is 4.24. The van der Waals surface area contributed by atoms with Crippen LogP contribution in [0, 0.1) is 5.82 Å². The number of carbonyl (C=O) groups is 2. The van der Waals surface area contributed by atoms with E-state index in [-0.39, 0.29) is 46.3 Å². The molecule has 2 atom stereocenters. The molecule has 3 aromatic carbocycles. The van der Waals surface area contributed by atoms with E-state index in [1.807, 2.05) is 13.8 Å². The Bertz CT molecular complexity index is 1440. The van der Waals surface area contributed by atoms with Crippen molar-refractivity contribution in [3.05, 3.63) is 89.2 Å². The summed E-state index contributed by atoms with van der Waals surface area (Å²) in [6, 6.07) is 16.7. The number of hydrogen-bond donors (Lipinski definition) is 1. The predicted molar refractivity (Wildman–Crippen MR) is 158 cm³/mol. The zero-order valence-electron chi connectivity index (χ0n) is 23.5. The molecule has 0 fully saturated rings. The maximum Gasteiger partial charge on any atom is 0.264 e. The Kier molecular flexibility index (Phi) is 11.1. The number of anilines is 1. The SMILES string of the molecule is CC[C@@H](C)NC(=O)[C@H](CC)N(Cc1ccc(F)cc1)C(=O)CN(c1cc(Cl)ccc1OC)S(=O)(=O)c1ccccc1. The summed E-state index contributed by atoms with van der Waals surface area (Å²) in [5.41, 5.74) is 0.642. The largest absolute Gasteiger partial charge is 0.495 e. The quantitative estimate of drug-likeness (QED) is 0.282. The number of sulfonamides is 1. The summed E-state index contributed by atoms with van der Waals surface area (Å²) in [5, 5.41) is 3.16. The number of nitrogens with one attached hydrogen (secondary N) is 1. The molecule has 0 heterocycles. The van der Waals surface area contributed by atoms with Gasteiger partial charge >= 0.3 is 0 Å². The van der Waals surface area contributed by atoms with Gasteiger partial charge in [-0.2, -0.15) is 0 Å². The highest BCUT2D eigenvalue weighted by molar-refractivity contribution is 7.92. The average Bonchev–Trinajstić information content (AvgIpc) is 2.96. The summed E-state index contributed by atoms with van der Waals surface area (Å²) in [5.74, 6) is -1.26. The second-order valence-electron chi connectivity index (χ2n) is 9.53. The van der Waals surface area contributed by atoms with E-state index in [2.05, 4.69) is 5.32 Å². The van der Waals surface area contributed by atoms with Crippen LogP contribution in [-0.4, -0.2) is 50.9 Å². The topological polar surface area (TPSA) is 96.0 Å². The zero-order valence-corrected chi connectivity index (χ0v) is 25.1. The molecule has 3 rings (SSSR count). The van der Waals surface area contributed by atoms with E-state index in [0.717, 1.165) is 4.31 Å². The summed E-state index contributed by atoms with van der Waals surface area (Å²) in [6.45, 7) is 4.86. The van der Waals surface area contributed by atoms with Gasteiger partial charge in [-0.25, -0.2) is 12.8 Å². The Morgan fingerprint density at radius 2 is 1.66 bits per heavy atom. The summed E-state index contributed by atoms with van der Waals surface area (Å²) < 4.78 is 47.9. The molecule has 11 heteroatoms. The second-order valence-corrected chi connectivity index (χ2v) is 11.8. The van der Waals surface area contributed by atoms with Crippen molar-refractivity contribution in [2.45, 2.75) is 57.1 Å². The number of halogens is 2. The van der Waals surface area contributed by atoms with Gasteiger partial charge in [-0.15, -0.1) is 0 Å². The van der Waals surface area contributed by atoms with E-state index in [4.69, 9.17) is 16.3 Å². The third-order valence-electron chi connectivity index (χ3n) is 6.67. The molecular formula is C30H35ClFN3O5S. The van der Waals surface area contributed by atoms with Crippen LogP contribution in [0.15, 0.2) is 77.7 Å². The molecule has 220 valence electrons. The van der Waals surface area contributed by atoms with E-state index in [0.29, 0.717) is 12.0 Å². The molecule has 0 spiro atoms. The average molecular weight is 604 g/mol. The first-order valence-electron chi connectivity index (χ1n) is 13.3. The highest BCUT2D eigenvalue weighted by Crippen LogP contribution is 2.35. The van der Waals surface area contributed by atoms with Crippen LogP contribution in [0.4, 0.5) is 10.1 Å². The van der Waals surface area contributed by atoms with Gasteiger partial charge in [0.25, 0.3) is 10.0 Å². The van der Waals surface area contributed by atoms with Gasteiger partial charge in [-0.3, -0.25) is 13.9 Å². The number of benzene rings is 3. The van der Waals surface area contributed by atoms with Crippen LogP contribution in [0.3, 0.4) is 0 Å². The van der Waals surface area contributed by atoms with E-state index in [9.17, 15) is 22.4 Å². The number of ether oxygens (including phenoxy) is 1. The van der Waals surface area contributed by atoms with Crippen molar-refractivity contribution >= 4 is 39.1 Å². The fraction of sp³-hybridized carbons (Fsp3) is 0.333. The van der Waals surface area contributed by atoms with Crippen LogP contribution in [0.25, 0.3) is 0 Å². The molecular weight excluding hydrogens is 569 g/mol. The molecule has 0 aromatic heterocycles. The van der Waals surface area contributed by atoms with Crippen molar-refractivity contribution in [3.63, 3.8) is 0 Å². The normalized spacial score (nSPS) is 12.7. The third-order valence-corrected chi connectivity index (χ3v) is 8.68. The number of rotatable bonds is 13. The molecule has 0 aliphatic carbocycles. The minimum absolute atomic E-state index is 0.0403. The second kappa shape index (κ2) is 14.3. The number of nitrogens with zero attached hydrogens (tertiary/aromatic N) is 2. The lowest BCUT2D eigenvalue weighted by atomic mass is 10.1. The number of carbonyl (C=O) groups excluding carboxylic acids is 2. The summed E-state index contributed by atoms with van der Waals surface area (Å²) in [4.78, 5) is 28.7. The van der Waals surface area contributed by atoms with Gasteiger partial charge < -0.3 is 15.0 Å². The fourth-order valence-corrected chi connectivity index (χ4v) is 5.84. The molecule has 1 N–H and O–H groups in total. The Labute approximate surface area is 246 Å². The first-order chi connectivity index (χ1) is 19.5. The molecule has 41 heavy (non-hydrogen) atoms. The van der Waals surface area contributed by atoms with Crippen LogP contribution in [0.5, 0.6) is 5.75 Å². The van der Waals surface area contributed by atoms with Crippen LogP contribution < -0.4 is 14.4 Å². The summed E-state index contributed by atoms with van der Waals surface area (Å²) in [7, 11) is -2.91. The maximum atomic E-state index is 14.1. The van der Waals surface area contributed by atoms with E-state index < -0.39 is 34.3 Å². The van der Waals surface area contributed by atoms with Crippen LogP contribution >= 0.6 is 11.6 Å². The predicted octanol–water partition coefficient (Wildman–Crippen LogP) is 5.41. The number of hydrogen-bond acceptors (Lipinski definition) is 5. The summed E-state index contributed by atoms with van der Waals surface area (Å²) >= 11 is 6.25. The summed E-state index contributed by atoms with van der Waals surface area (Å²) in [6.07, 6.45) is 0.951. The highest BCUT2D eigenvalue weighted by Gasteiger charge is 2.35. The zero-order chi connectivity index (χ0) is 30.2. The van der Waals surface area contributed by atoms with Crippen molar-refractivity contribution in [1.29, 1.82) is 0 Å². The molecule has 0 saturated heterocycles. The lowest BCUT2D eigenvalue weighted by Gasteiger charge is -2.34. The Balaban J connectivity index is 2.11. The molecule has 3 aromatic rings. The molecule has 0 saturated carbocycles. The standard InChI is InChI=1S/C30H35ClFN3O5S/c1-5-21(3)33-30(37)26(6-2)34(19-22-12-15-24(32)16-13-22)29(36)20-35(27-18-23(31)14-17-28(27)40-4)41(38,39)25-10-8-7-9-11-25/h7-18,21,26H,5-6,19-20H2,1-4H3,(H,33,37)/t21-,26+/m1/s1. The Hall–Kier alpha value is -3.63. The first kappa shape index (κ1) is 31.9. The van der Waals surface area contributed by atoms with Gasteiger partial charge in [-0.05, 0) is 67.8 Å². The Morgan fingerprint density at radius 3 is 2.24 bits per heavy atom. The number of amides is 2. The van der Waals surface area contributed by atoms with Crippen molar-refractivity contribution < 1.29 is 27.1 Å². The molecule has 0 aliphatic rings. The lowest BCUT2D eigenvalue weighted by molar-refractivity contribution is -0.140. The minimum atomic E-state index is -4.29. The van der Waals surface area contributed by atoms with Crippen molar-refractivity contribution in [2.24, 2.45) is 0 Å². The highest BCUT2D eigenvalue weighted by atomic mass is 35.5. The molecule has 0 aliphatic heterocycles. The van der Waals surface area contributed by atoms with E-state index in [1.54, 1.807) is 31.2 Å². The minimum Gasteiger partial charge on any atom is -0.495 e. The Morgan fingerprint density at radius 1 is 1.00 bits per heavy atom. The lowest BCUT2D eigenvalue weighted by Crippen LogP contribution is -2.53. The maximum absolute atomic E-state index is 14.1. The van der Waals surface area contributed by atoms with Gasteiger partial charge in [0.05, 0.1) is 17.7 Å². The van der Waals surface area contributed by atoms with Crippen LogP contribution in [-0.2, 0) is 26.2 Å². The van der Waals surface area contributed by atoms with Crippen molar-refractivity contribution in [3.8, 4) is 5.75 Å². The molecule has 8 nitrogen and oxygen atoms in total. The van der Waals surface area contributed by atoms with Gasteiger partial charge in [0.2, 0.25) is 11.8 Å². The molecule has 2 amide bonds. The van der Waals surface area contributed by atoms with Crippen molar-refractivity contribution in [1.82, 2.24) is 10.2 Å². The third kappa shape index (κ3) is 7.98. The number of methoxy groups -OCH3 is 1.